The van der Waals surface area contributed by atoms with Gasteiger partial charge in [0.1, 0.15) is 0 Å². The zero-order valence-corrected chi connectivity index (χ0v) is 7.96. The number of methoxy groups -OCH3 is 1. The topological polar surface area (TPSA) is 64.3 Å². The Morgan fingerprint density at radius 3 is 2.58 bits per heavy atom. The second-order valence-corrected chi connectivity index (χ2v) is 2.81. The standard InChI is InChI=1S/C5H8N2O3S.Li/c1-7-5(11(8)9)3-4(6-7)10-2;/h3H,1-2H3,(H,8,9);. The Morgan fingerprint density at radius 1 is 1.75 bits per heavy atom. The number of aromatic nitrogens is 2. The summed E-state index contributed by atoms with van der Waals surface area (Å²) in [4.78, 5) is 0. The monoisotopic (exact) mass is 183 g/mol. The fourth-order valence-corrected chi connectivity index (χ4v) is 1.16. The summed E-state index contributed by atoms with van der Waals surface area (Å²) in [6.45, 7) is 0. The van der Waals surface area contributed by atoms with Gasteiger partial charge in [-0.2, -0.15) is 0 Å². The summed E-state index contributed by atoms with van der Waals surface area (Å²) in [6.07, 6.45) is 0. The van der Waals surface area contributed by atoms with Crippen LogP contribution in [-0.2, 0) is 18.1 Å². The van der Waals surface area contributed by atoms with E-state index < -0.39 is 11.1 Å². The van der Waals surface area contributed by atoms with E-state index in [0.717, 1.165) is 0 Å². The fraction of sp³-hybridized carbons (Fsp3) is 0.400. The second-order valence-electron chi connectivity index (χ2n) is 1.90. The average molecular weight is 183 g/mol. The molecule has 1 unspecified atom stereocenters. The first-order valence-corrected chi connectivity index (χ1v) is 3.94. The van der Waals surface area contributed by atoms with E-state index in [-0.39, 0.29) is 23.9 Å². The van der Waals surface area contributed by atoms with E-state index >= 15 is 0 Å². The SMILES string of the molecule is COc1cc(S(=O)O)n(C)n1.[Li]. The molecule has 1 rings (SSSR count). The van der Waals surface area contributed by atoms with Gasteiger partial charge in [0, 0.05) is 32.0 Å². The number of hydrogen-bond acceptors (Lipinski definition) is 3. The maximum atomic E-state index is 10.5. The van der Waals surface area contributed by atoms with Crippen molar-refractivity contribution in [2.45, 2.75) is 5.03 Å². The van der Waals surface area contributed by atoms with Crippen LogP contribution in [0.5, 0.6) is 5.88 Å². The van der Waals surface area contributed by atoms with E-state index in [4.69, 9.17) is 9.29 Å². The van der Waals surface area contributed by atoms with Crippen LogP contribution in [0.4, 0.5) is 0 Å². The Kier molecular flexibility index (Phi) is 4.56. The van der Waals surface area contributed by atoms with Crippen LogP contribution in [0.1, 0.15) is 0 Å². The van der Waals surface area contributed by atoms with Gasteiger partial charge in [0.25, 0.3) is 0 Å². The molecule has 0 bridgehead atoms. The van der Waals surface area contributed by atoms with Crippen molar-refractivity contribution in [2.24, 2.45) is 7.05 Å². The molecule has 0 aliphatic heterocycles. The molecule has 5 nitrogen and oxygen atoms in total. The van der Waals surface area contributed by atoms with E-state index in [9.17, 15) is 4.21 Å². The minimum atomic E-state index is -2.00. The Bertz CT molecular complexity index is 288. The molecule has 12 heavy (non-hydrogen) atoms. The Labute approximate surface area is 84.6 Å². The number of nitrogens with zero attached hydrogens (tertiary/aromatic N) is 2. The molecule has 1 aromatic rings. The summed E-state index contributed by atoms with van der Waals surface area (Å²) in [6, 6.07) is 1.41. The Hall–Kier alpha value is -0.283. The van der Waals surface area contributed by atoms with Crippen LogP contribution >= 0.6 is 0 Å². The van der Waals surface area contributed by atoms with Crippen LogP contribution in [0, 0.1) is 0 Å². The van der Waals surface area contributed by atoms with Crippen molar-refractivity contribution in [1.29, 1.82) is 0 Å². The average Bonchev–Trinajstić information content (AvgIpc) is 2.30. The molecular weight excluding hydrogens is 175 g/mol. The number of ether oxygens (including phenoxy) is 1. The van der Waals surface area contributed by atoms with Crippen molar-refractivity contribution in [2.75, 3.05) is 7.11 Å². The van der Waals surface area contributed by atoms with Gasteiger partial charge in [-0.25, -0.2) is 4.21 Å². The van der Waals surface area contributed by atoms with Gasteiger partial charge in [-0.15, -0.1) is 5.10 Å². The third-order valence-corrected chi connectivity index (χ3v) is 1.94. The summed E-state index contributed by atoms with van der Waals surface area (Å²) in [7, 11) is 3.03. The molecule has 0 amide bonds. The van der Waals surface area contributed by atoms with E-state index in [1.54, 1.807) is 7.05 Å². The number of hydrogen-bond donors (Lipinski definition) is 1. The third-order valence-electron chi connectivity index (χ3n) is 1.20. The van der Waals surface area contributed by atoms with Crippen molar-refractivity contribution in [3.8, 4) is 5.88 Å². The van der Waals surface area contributed by atoms with Gasteiger partial charge in [-0.05, 0) is 0 Å². The molecule has 0 saturated carbocycles. The predicted octanol–water partition coefficient (Wildman–Crippen LogP) is -0.371. The van der Waals surface area contributed by atoms with Gasteiger partial charge in [0.15, 0.2) is 5.03 Å². The van der Waals surface area contributed by atoms with Crippen LogP contribution in [-0.4, -0.2) is 44.5 Å². The number of aryl methyl sites for hydroxylation is 1. The van der Waals surface area contributed by atoms with Crippen LogP contribution in [0.15, 0.2) is 11.1 Å². The van der Waals surface area contributed by atoms with Gasteiger partial charge in [-0.3, -0.25) is 4.68 Å². The summed E-state index contributed by atoms with van der Waals surface area (Å²) >= 11 is -2.00. The summed E-state index contributed by atoms with van der Waals surface area (Å²) < 4.78 is 25.3. The third kappa shape index (κ3) is 2.35. The quantitative estimate of drug-likeness (QED) is 0.501. The van der Waals surface area contributed by atoms with Gasteiger partial charge in [0.2, 0.25) is 17.0 Å². The first kappa shape index (κ1) is 11.7. The maximum Gasteiger partial charge on any atom is 0.233 e. The Morgan fingerprint density at radius 2 is 2.33 bits per heavy atom. The minimum absolute atomic E-state index is 0. The molecule has 1 atom stereocenters. The molecule has 1 radical (unpaired) electrons. The van der Waals surface area contributed by atoms with E-state index in [1.807, 2.05) is 0 Å². The van der Waals surface area contributed by atoms with Crippen LogP contribution in [0.2, 0.25) is 0 Å². The van der Waals surface area contributed by atoms with Crippen molar-refractivity contribution in [1.82, 2.24) is 9.78 Å². The van der Waals surface area contributed by atoms with Crippen molar-refractivity contribution in [3.05, 3.63) is 6.07 Å². The molecule has 7 heteroatoms. The van der Waals surface area contributed by atoms with Gasteiger partial charge >= 0.3 is 0 Å². The smallest absolute Gasteiger partial charge is 0.233 e. The normalized spacial score (nSPS) is 11.9. The molecule has 0 aromatic carbocycles. The van der Waals surface area contributed by atoms with Gasteiger partial charge < -0.3 is 9.29 Å². The number of rotatable bonds is 2. The zero-order valence-electron chi connectivity index (χ0n) is 7.14. The van der Waals surface area contributed by atoms with Crippen molar-refractivity contribution < 1.29 is 13.5 Å². The first-order chi connectivity index (χ1) is 5.15. The van der Waals surface area contributed by atoms with E-state index in [0.29, 0.717) is 5.88 Å². The second kappa shape index (κ2) is 4.67. The minimum Gasteiger partial charge on any atom is -0.480 e. The molecule has 0 spiro atoms. The fourth-order valence-electron chi connectivity index (χ4n) is 0.688. The molecule has 0 aliphatic rings. The van der Waals surface area contributed by atoms with Crippen LogP contribution < -0.4 is 4.74 Å². The van der Waals surface area contributed by atoms with Gasteiger partial charge in [0.05, 0.1) is 7.11 Å². The molecular formula is C5H8LiN2O3S. The molecule has 0 saturated heterocycles. The summed E-state index contributed by atoms with van der Waals surface area (Å²) in [5, 5.41) is 4.02. The summed E-state index contributed by atoms with van der Waals surface area (Å²) in [5.74, 6) is 0.338. The maximum absolute atomic E-state index is 10.5. The first-order valence-electron chi connectivity index (χ1n) is 2.84. The van der Waals surface area contributed by atoms with E-state index in [1.165, 1.54) is 17.9 Å². The van der Waals surface area contributed by atoms with E-state index in [2.05, 4.69) is 5.10 Å². The Balaban J connectivity index is 0.00000121. The van der Waals surface area contributed by atoms with Crippen molar-refractivity contribution in [3.63, 3.8) is 0 Å². The molecule has 63 valence electrons. The van der Waals surface area contributed by atoms with Crippen LogP contribution in [0.3, 0.4) is 0 Å². The summed E-state index contributed by atoms with van der Waals surface area (Å²) in [5.41, 5.74) is 0. The van der Waals surface area contributed by atoms with Crippen molar-refractivity contribution >= 4 is 29.9 Å². The zero-order chi connectivity index (χ0) is 8.43. The predicted molar refractivity (Wildman–Crippen MR) is 44.6 cm³/mol. The molecule has 1 N–H and O–H groups in total. The largest absolute Gasteiger partial charge is 0.480 e. The molecule has 0 aliphatic carbocycles. The van der Waals surface area contributed by atoms with Gasteiger partial charge in [-0.1, -0.05) is 0 Å². The molecule has 1 heterocycles. The van der Waals surface area contributed by atoms with Crippen LogP contribution in [0.25, 0.3) is 0 Å². The molecule has 1 aromatic heterocycles. The molecule has 0 fully saturated rings.